The molecule has 0 bridgehead atoms. The van der Waals surface area contributed by atoms with E-state index < -0.39 is 29.7 Å². The first-order valence-electron chi connectivity index (χ1n) is 7.63. The Balaban J connectivity index is 1.80. The van der Waals surface area contributed by atoms with Gasteiger partial charge in [-0.25, -0.2) is 13.8 Å². The van der Waals surface area contributed by atoms with E-state index in [-0.39, 0.29) is 10.9 Å². The van der Waals surface area contributed by atoms with Gasteiger partial charge in [0.25, 0.3) is 5.91 Å². The lowest BCUT2D eigenvalue weighted by molar-refractivity contribution is -0.0498. The molecule has 0 spiro atoms. The van der Waals surface area contributed by atoms with Crippen LogP contribution >= 0.6 is 11.3 Å². The largest absolute Gasteiger partial charge is 0.435 e. The highest BCUT2D eigenvalue weighted by molar-refractivity contribution is 7.16. The van der Waals surface area contributed by atoms with Crippen LogP contribution in [0.1, 0.15) is 15.2 Å². The van der Waals surface area contributed by atoms with Gasteiger partial charge in [-0.2, -0.15) is 8.78 Å². The summed E-state index contributed by atoms with van der Waals surface area (Å²) in [4.78, 5) is 17.2. The highest BCUT2D eigenvalue weighted by atomic mass is 32.1. The normalized spacial score (nSPS) is 10.9. The molecule has 0 aliphatic carbocycles. The van der Waals surface area contributed by atoms with E-state index in [1.54, 1.807) is 19.1 Å². The van der Waals surface area contributed by atoms with Gasteiger partial charge >= 0.3 is 6.61 Å². The van der Waals surface area contributed by atoms with Crippen LogP contribution in [0.25, 0.3) is 11.3 Å². The number of carbonyl (C=O) groups excluding carboxylic acids is 1. The number of nitrogens with zero attached hydrogens (tertiary/aromatic N) is 1. The van der Waals surface area contributed by atoms with E-state index in [0.29, 0.717) is 11.3 Å². The first-order valence-corrected chi connectivity index (χ1v) is 8.45. The highest BCUT2D eigenvalue weighted by Gasteiger charge is 2.18. The van der Waals surface area contributed by atoms with E-state index in [0.717, 1.165) is 28.3 Å². The Labute approximate surface area is 155 Å². The third-order valence-electron chi connectivity index (χ3n) is 3.57. The Morgan fingerprint density at radius 1 is 1.15 bits per heavy atom. The zero-order valence-corrected chi connectivity index (χ0v) is 14.6. The van der Waals surface area contributed by atoms with Crippen molar-refractivity contribution in [1.82, 2.24) is 4.98 Å². The van der Waals surface area contributed by atoms with E-state index in [1.807, 2.05) is 0 Å². The quantitative estimate of drug-likeness (QED) is 0.600. The summed E-state index contributed by atoms with van der Waals surface area (Å²) in [5, 5.41) is 2.63. The summed E-state index contributed by atoms with van der Waals surface area (Å²) in [7, 11) is 0. The van der Waals surface area contributed by atoms with Crippen molar-refractivity contribution in [3.63, 3.8) is 0 Å². The molecule has 1 heterocycles. The summed E-state index contributed by atoms with van der Waals surface area (Å²) in [6.45, 7) is -1.16. The van der Waals surface area contributed by atoms with Gasteiger partial charge in [0.05, 0.1) is 11.3 Å². The number of hydrogen-bond donors (Lipinski definition) is 1. The standard InChI is InChI=1S/C18H12F4N2O2S/c1-9-15(10-5-7-11(8-6-10)26-17(21)22)23-18(27-9)24-16(25)12-3-2-4-13(19)14(12)20/h2-8,17H,1H3,(H,23,24,25). The number of benzene rings is 2. The number of halogens is 4. The van der Waals surface area contributed by atoms with Crippen molar-refractivity contribution in [1.29, 1.82) is 0 Å². The molecule has 0 saturated carbocycles. The SMILES string of the molecule is Cc1sc(NC(=O)c2cccc(F)c2F)nc1-c1ccc(OC(F)F)cc1. The molecule has 3 aromatic rings. The summed E-state index contributed by atoms with van der Waals surface area (Å²) >= 11 is 1.15. The van der Waals surface area contributed by atoms with E-state index in [4.69, 9.17) is 0 Å². The number of aromatic nitrogens is 1. The summed E-state index contributed by atoms with van der Waals surface area (Å²) in [5.41, 5.74) is 0.722. The number of nitrogens with one attached hydrogen (secondary N) is 1. The Kier molecular flexibility index (Phi) is 5.41. The summed E-state index contributed by atoms with van der Waals surface area (Å²) in [5.74, 6) is -3.17. The van der Waals surface area contributed by atoms with Crippen LogP contribution in [0.4, 0.5) is 22.7 Å². The molecule has 140 valence electrons. The molecule has 0 saturated heterocycles. The fourth-order valence-electron chi connectivity index (χ4n) is 2.36. The minimum atomic E-state index is -2.91. The van der Waals surface area contributed by atoms with Crippen LogP contribution in [-0.2, 0) is 0 Å². The molecule has 1 N–H and O–H groups in total. The number of carbonyl (C=O) groups is 1. The molecule has 2 aromatic carbocycles. The second-order valence-corrected chi connectivity index (χ2v) is 6.59. The average molecular weight is 396 g/mol. The molecule has 1 aromatic heterocycles. The summed E-state index contributed by atoms with van der Waals surface area (Å²) in [6.07, 6.45) is 0. The third kappa shape index (κ3) is 4.25. The Morgan fingerprint density at radius 3 is 2.52 bits per heavy atom. The van der Waals surface area contributed by atoms with Crippen LogP contribution in [0.15, 0.2) is 42.5 Å². The zero-order chi connectivity index (χ0) is 19.6. The number of amides is 1. The van der Waals surface area contributed by atoms with Crippen molar-refractivity contribution < 1.29 is 27.1 Å². The zero-order valence-electron chi connectivity index (χ0n) is 13.8. The van der Waals surface area contributed by atoms with Crippen molar-refractivity contribution in [3.05, 3.63) is 64.5 Å². The Morgan fingerprint density at radius 2 is 1.85 bits per heavy atom. The molecule has 0 atom stereocenters. The molecular formula is C18H12F4N2O2S. The number of rotatable bonds is 5. The fourth-order valence-corrected chi connectivity index (χ4v) is 3.19. The third-order valence-corrected chi connectivity index (χ3v) is 4.45. The van der Waals surface area contributed by atoms with Crippen molar-refractivity contribution in [2.24, 2.45) is 0 Å². The van der Waals surface area contributed by atoms with Crippen molar-refractivity contribution in [2.75, 3.05) is 5.32 Å². The Hall–Kier alpha value is -2.94. The molecule has 0 aliphatic rings. The number of hydrogen-bond acceptors (Lipinski definition) is 4. The monoisotopic (exact) mass is 396 g/mol. The number of aryl methyl sites for hydroxylation is 1. The lowest BCUT2D eigenvalue weighted by Crippen LogP contribution is -2.14. The van der Waals surface area contributed by atoms with Gasteiger partial charge in [0.1, 0.15) is 5.75 Å². The average Bonchev–Trinajstić information content (AvgIpc) is 2.97. The Bertz CT molecular complexity index is 974. The van der Waals surface area contributed by atoms with Gasteiger partial charge in [0, 0.05) is 10.4 Å². The molecule has 0 radical (unpaired) electrons. The van der Waals surface area contributed by atoms with E-state index >= 15 is 0 Å². The van der Waals surface area contributed by atoms with E-state index in [9.17, 15) is 22.4 Å². The number of thiazole rings is 1. The first-order chi connectivity index (χ1) is 12.8. The number of anilines is 1. The maximum atomic E-state index is 13.7. The molecular weight excluding hydrogens is 384 g/mol. The molecule has 9 heteroatoms. The number of alkyl halides is 2. The molecule has 4 nitrogen and oxygen atoms in total. The summed E-state index contributed by atoms with van der Waals surface area (Å²) < 4.78 is 55.7. The topological polar surface area (TPSA) is 51.2 Å². The number of ether oxygens (including phenoxy) is 1. The lowest BCUT2D eigenvalue weighted by Gasteiger charge is -2.05. The second-order valence-electron chi connectivity index (χ2n) is 5.38. The van der Waals surface area contributed by atoms with Gasteiger partial charge in [0.15, 0.2) is 16.8 Å². The minimum Gasteiger partial charge on any atom is -0.435 e. The van der Waals surface area contributed by atoms with Gasteiger partial charge in [-0.3, -0.25) is 10.1 Å². The lowest BCUT2D eigenvalue weighted by atomic mass is 10.1. The summed E-state index contributed by atoms with van der Waals surface area (Å²) in [6, 6.07) is 9.17. The maximum absolute atomic E-state index is 13.7. The van der Waals surface area contributed by atoms with Crippen molar-refractivity contribution in [2.45, 2.75) is 13.5 Å². The van der Waals surface area contributed by atoms with Crippen LogP contribution < -0.4 is 10.1 Å². The first kappa shape index (κ1) is 18.8. The molecule has 0 aliphatic heterocycles. The predicted octanol–water partition coefficient (Wildman–Crippen LogP) is 5.25. The van der Waals surface area contributed by atoms with Gasteiger partial charge in [-0.05, 0) is 43.3 Å². The molecule has 0 fully saturated rings. The molecule has 27 heavy (non-hydrogen) atoms. The van der Waals surface area contributed by atoms with Crippen LogP contribution in [0.2, 0.25) is 0 Å². The van der Waals surface area contributed by atoms with Crippen LogP contribution in [-0.4, -0.2) is 17.5 Å². The van der Waals surface area contributed by atoms with E-state index in [1.165, 1.54) is 18.2 Å². The van der Waals surface area contributed by atoms with E-state index in [2.05, 4.69) is 15.0 Å². The van der Waals surface area contributed by atoms with Crippen LogP contribution in [0, 0.1) is 18.6 Å². The smallest absolute Gasteiger partial charge is 0.387 e. The molecule has 3 rings (SSSR count). The van der Waals surface area contributed by atoms with Crippen LogP contribution in [0.3, 0.4) is 0 Å². The predicted molar refractivity (Wildman–Crippen MR) is 93.2 cm³/mol. The van der Waals surface area contributed by atoms with Gasteiger partial charge in [-0.15, -0.1) is 11.3 Å². The molecule has 1 amide bonds. The van der Waals surface area contributed by atoms with Crippen molar-refractivity contribution in [3.8, 4) is 17.0 Å². The van der Waals surface area contributed by atoms with Gasteiger partial charge in [-0.1, -0.05) is 6.07 Å². The molecule has 0 unspecified atom stereocenters. The van der Waals surface area contributed by atoms with Crippen molar-refractivity contribution >= 4 is 22.4 Å². The second kappa shape index (κ2) is 7.75. The van der Waals surface area contributed by atoms with Crippen LogP contribution in [0.5, 0.6) is 5.75 Å². The van der Waals surface area contributed by atoms with Gasteiger partial charge < -0.3 is 4.74 Å². The highest BCUT2D eigenvalue weighted by Crippen LogP contribution is 2.32. The minimum absolute atomic E-state index is 0.0109. The maximum Gasteiger partial charge on any atom is 0.387 e. The fraction of sp³-hybridized carbons (Fsp3) is 0.111. The van der Waals surface area contributed by atoms with Gasteiger partial charge in [0.2, 0.25) is 0 Å².